The summed E-state index contributed by atoms with van der Waals surface area (Å²) in [6.07, 6.45) is 0. The monoisotopic (exact) mass is 352 g/mol. The van der Waals surface area contributed by atoms with Gasteiger partial charge in [0.05, 0.1) is 0 Å². The minimum Gasteiger partial charge on any atom is -0.494 e. The highest BCUT2D eigenvalue weighted by atomic mass is 32.2. The lowest BCUT2D eigenvalue weighted by Crippen LogP contribution is -2.18. The lowest BCUT2D eigenvalue weighted by molar-refractivity contribution is 0.418. The third-order valence-corrected chi connectivity index (χ3v) is 4.48. The van der Waals surface area contributed by atoms with E-state index in [0.29, 0.717) is 11.1 Å². The van der Waals surface area contributed by atoms with Crippen LogP contribution in [0.4, 0.5) is 17.1 Å². The van der Waals surface area contributed by atoms with E-state index in [1.54, 1.807) is 13.8 Å². The first-order chi connectivity index (χ1) is 11.0. The molecule has 24 heavy (non-hydrogen) atoms. The van der Waals surface area contributed by atoms with Crippen molar-refractivity contribution in [3.8, 4) is 5.88 Å². The largest absolute Gasteiger partial charge is 0.494 e. The number of nitrogens with two attached hydrogens (primary N) is 1. The molecule has 0 aliphatic heterocycles. The zero-order valence-corrected chi connectivity index (χ0v) is 14.0. The Morgan fingerprint density at radius 3 is 2.38 bits per heavy atom. The van der Waals surface area contributed by atoms with Crippen molar-refractivity contribution in [1.82, 2.24) is 4.57 Å². The molecule has 0 atom stereocenters. The van der Waals surface area contributed by atoms with Gasteiger partial charge < -0.3 is 10.8 Å². The number of nitrogens with zero attached hydrogens (tertiary/aromatic N) is 3. The second-order valence-electron chi connectivity index (χ2n) is 5.19. The van der Waals surface area contributed by atoms with Crippen LogP contribution in [0.2, 0.25) is 0 Å². The van der Waals surface area contributed by atoms with Crippen molar-refractivity contribution >= 4 is 27.2 Å². The van der Waals surface area contributed by atoms with Gasteiger partial charge in [-0.3, -0.25) is 13.9 Å². The molecule has 128 valence electrons. The second-order valence-corrected chi connectivity index (χ2v) is 6.58. The first kappa shape index (κ1) is 17.6. The molecule has 0 bridgehead atoms. The highest BCUT2D eigenvalue weighted by Gasteiger charge is 2.17. The topological polar surface area (TPSA) is 147 Å². The third kappa shape index (κ3) is 3.14. The van der Waals surface area contributed by atoms with Crippen molar-refractivity contribution < 1.29 is 18.1 Å². The standard InChI is InChI=1S/C14H16N4O5S/c1-7-8(2)13(19)18(3)14(20)12(7)17-16-10-5-4-9(15)6-11(10)24(21,22)23/h4-6,19H,15H2,1-3H3,(H,21,22,23). The van der Waals surface area contributed by atoms with E-state index >= 15 is 0 Å². The lowest BCUT2D eigenvalue weighted by atomic mass is 10.1. The third-order valence-electron chi connectivity index (χ3n) is 3.60. The molecule has 0 saturated carbocycles. The van der Waals surface area contributed by atoms with E-state index in [2.05, 4.69) is 10.2 Å². The molecule has 0 unspecified atom stereocenters. The Morgan fingerprint density at radius 1 is 1.17 bits per heavy atom. The quantitative estimate of drug-likeness (QED) is 0.437. The maximum absolute atomic E-state index is 12.2. The summed E-state index contributed by atoms with van der Waals surface area (Å²) in [7, 11) is -3.19. The molecule has 1 heterocycles. The van der Waals surface area contributed by atoms with Gasteiger partial charge in [-0.2, -0.15) is 8.42 Å². The van der Waals surface area contributed by atoms with Gasteiger partial charge in [-0.05, 0) is 37.6 Å². The van der Waals surface area contributed by atoms with Gasteiger partial charge in [0.2, 0.25) is 0 Å². The average Bonchev–Trinajstić information content (AvgIpc) is 2.51. The van der Waals surface area contributed by atoms with E-state index in [-0.39, 0.29) is 22.9 Å². The van der Waals surface area contributed by atoms with E-state index in [1.165, 1.54) is 19.2 Å². The Hall–Kier alpha value is -2.72. The number of benzene rings is 1. The van der Waals surface area contributed by atoms with Crippen LogP contribution in [0.1, 0.15) is 11.1 Å². The summed E-state index contributed by atoms with van der Waals surface area (Å²) in [5.41, 5.74) is 5.66. The van der Waals surface area contributed by atoms with E-state index < -0.39 is 20.6 Å². The van der Waals surface area contributed by atoms with Gasteiger partial charge in [0.15, 0.2) is 11.6 Å². The van der Waals surface area contributed by atoms with E-state index in [9.17, 15) is 22.9 Å². The molecule has 1 aromatic carbocycles. The van der Waals surface area contributed by atoms with Gasteiger partial charge in [-0.1, -0.05) is 0 Å². The smallest absolute Gasteiger partial charge is 0.296 e. The molecule has 2 aromatic rings. The van der Waals surface area contributed by atoms with Gasteiger partial charge in [0, 0.05) is 18.3 Å². The zero-order valence-electron chi connectivity index (χ0n) is 13.2. The molecule has 0 radical (unpaired) electrons. The molecule has 9 nitrogen and oxygen atoms in total. The summed E-state index contributed by atoms with van der Waals surface area (Å²) >= 11 is 0. The lowest BCUT2D eigenvalue weighted by Gasteiger charge is -2.10. The highest BCUT2D eigenvalue weighted by Crippen LogP contribution is 2.29. The van der Waals surface area contributed by atoms with Crippen molar-refractivity contribution in [2.45, 2.75) is 18.7 Å². The summed E-state index contributed by atoms with van der Waals surface area (Å²) in [5.74, 6) is -0.192. The first-order valence-corrected chi connectivity index (χ1v) is 8.16. The molecular weight excluding hydrogens is 336 g/mol. The maximum Gasteiger partial charge on any atom is 0.296 e. The molecule has 2 rings (SSSR count). The zero-order chi connectivity index (χ0) is 18.2. The fourth-order valence-corrected chi connectivity index (χ4v) is 2.71. The predicted molar refractivity (Wildman–Crippen MR) is 87.7 cm³/mol. The highest BCUT2D eigenvalue weighted by molar-refractivity contribution is 7.86. The number of hydrogen-bond acceptors (Lipinski definition) is 7. The van der Waals surface area contributed by atoms with Crippen molar-refractivity contribution in [2.75, 3.05) is 5.73 Å². The molecule has 1 aromatic heterocycles. The van der Waals surface area contributed by atoms with Crippen LogP contribution in [0, 0.1) is 13.8 Å². The molecule has 0 saturated heterocycles. The predicted octanol–water partition coefficient (Wildman–Crippen LogP) is 1.95. The van der Waals surface area contributed by atoms with Crippen LogP contribution in [-0.2, 0) is 17.2 Å². The van der Waals surface area contributed by atoms with Crippen molar-refractivity contribution in [3.63, 3.8) is 0 Å². The fraction of sp³-hybridized carbons (Fsp3) is 0.214. The number of nitrogen functional groups attached to an aromatic ring is 1. The summed E-state index contributed by atoms with van der Waals surface area (Å²) < 4.78 is 33.1. The Bertz CT molecular complexity index is 1010. The van der Waals surface area contributed by atoms with E-state index in [1.807, 2.05) is 0 Å². The van der Waals surface area contributed by atoms with Crippen molar-refractivity contribution in [3.05, 3.63) is 39.7 Å². The van der Waals surface area contributed by atoms with Gasteiger partial charge in [0.1, 0.15) is 10.6 Å². The van der Waals surface area contributed by atoms with Gasteiger partial charge in [-0.15, -0.1) is 10.2 Å². The van der Waals surface area contributed by atoms with Crippen LogP contribution in [0.3, 0.4) is 0 Å². The van der Waals surface area contributed by atoms with Crippen LogP contribution in [0.15, 0.2) is 38.1 Å². The van der Waals surface area contributed by atoms with Crippen LogP contribution in [-0.4, -0.2) is 22.6 Å². The SMILES string of the molecule is Cc1c(C)c(O)n(C)c(=O)c1N=Nc1ccc(N)cc1S(=O)(=O)O. The Kier molecular flexibility index (Phi) is 4.45. The van der Waals surface area contributed by atoms with Crippen molar-refractivity contribution in [1.29, 1.82) is 0 Å². The minimum absolute atomic E-state index is 0.0501. The van der Waals surface area contributed by atoms with Crippen LogP contribution < -0.4 is 11.3 Å². The molecule has 0 fully saturated rings. The number of pyridine rings is 1. The summed E-state index contributed by atoms with van der Waals surface area (Å²) in [6, 6.07) is 3.68. The Balaban J connectivity index is 2.65. The maximum atomic E-state index is 12.2. The molecule has 0 amide bonds. The summed E-state index contributed by atoms with van der Waals surface area (Å²) in [4.78, 5) is 11.7. The van der Waals surface area contributed by atoms with Gasteiger partial charge in [0.25, 0.3) is 15.7 Å². The number of anilines is 1. The van der Waals surface area contributed by atoms with Gasteiger partial charge >= 0.3 is 0 Å². The molecule has 4 N–H and O–H groups in total. The second kappa shape index (κ2) is 6.06. The normalized spacial score (nSPS) is 12.0. The fourth-order valence-electron chi connectivity index (χ4n) is 2.05. The number of hydrogen-bond donors (Lipinski definition) is 3. The summed E-state index contributed by atoms with van der Waals surface area (Å²) in [6.45, 7) is 3.19. The molecule has 0 spiro atoms. The molecular formula is C14H16N4O5S. The summed E-state index contributed by atoms with van der Waals surface area (Å²) in [5, 5.41) is 17.4. The van der Waals surface area contributed by atoms with Crippen LogP contribution in [0.25, 0.3) is 0 Å². The van der Waals surface area contributed by atoms with Gasteiger partial charge in [-0.25, -0.2) is 0 Å². The molecule has 0 aliphatic rings. The van der Waals surface area contributed by atoms with E-state index in [4.69, 9.17) is 5.73 Å². The minimum atomic E-state index is -4.56. The van der Waals surface area contributed by atoms with Crippen molar-refractivity contribution in [2.24, 2.45) is 17.3 Å². The number of azo groups is 1. The number of rotatable bonds is 3. The number of aromatic hydroxyl groups is 1. The Labute approximate surface area is 137 Å². The van der Waals surface area contributed by atoms with Crippen LogP contribution >= 0.6 is 0 Å². The van der Waals surface area contributed by atoms with E-state index in [0.717, 1.165) is 10.6 Å². The number of aromatic nitrogens is 1. The first-order valence-electron chi connectivity index (χ1n) is 6.72. The average molecular weight is 352 g/mol. The Morgan fingerprint density at radius 2 is 1.79 bits per heavy atom. The molecule has 10 heteroatoms. The molecule has 0 aliphatic carbocycles. The van der Waals surface area contributed by atoms with Crippen LogP contribution in [0.5, 0.6) is 5.88 Å².